The standard InChI is InChI=1S/C16H18ClN3O/c1-3-18-15-10-6-9-14(19-15)16(21)20(2)11-12-7-4-5-8-13(12)17/h4-10H,3,11H2,1-2H3,(H,18,19). The SMILES string of the molecule is CCNc1cccc(C(=O)N(C)Cc2ccccc2Cl)n1. The fraction of sp³-hybridized carbons (Fsp3) is 0.250. The molecule has 2 aromatic rings. The number of hydrogen-bond donors (Lipinski definition) is 1. The van der Waals surface area contributed by atoms with Crippen molar-refractivity contribution in [1.82, 2.24) is 9.88 Å². The number of aromatic nitrogens is 1. The molecule has 0 saturated carbocycles. The summed E-state index contributed by atoms with van der Waals surface area (Å²) in [5, 5.41) is 3.76. The Morgan fingerprint density at radius 1 is 1.24 bits per heavy atom. The Kier molecular flexibility index (Phi) is 5.17. The van der Waals surface area contributed by atoms with Gasteiger partial charge in [-0.05, 0) is 30.7 Å². The van der Waals surface area contributed by atoms with Gasteiger partial charge in [-0.15, -0.1) is 0 Å². The molecule has 0 aliphatic carbocycles. The van der Waals surface area contributed by atoms with Crippen LogP contribution < -0.4 is 5.32 Å². The maximum atomic E-state index is 12.4. The Balaban J connectivity index is 2.12. The molecule has 1 aromatic heterocycles. The van der Waals surface area contributed by atoms with Crippen LogP contribution in [0.15, 0.2) is 42.5 Å². The van der Waals surface area contributed by atoms with Crippen LogP contribution in [0.3, 0.4) is 0 Å². The zero-order valence-electron chi connectivity index (χ0n) is 12.1. The first-order chi connectivity index (χ1) is 10.1. The highest BCUT2D eigenvalue weighted by molar-refractivity contribution is 6.31. The molecule has 21 heavy (non-hydrogen) atoms. The first-order valence-corrected chi connectivity index (χ1v) is 7.19. The Hall–Kier alpha value is -2.07. The Labute approximate surface area is 129 Å². The van der Waals surface area contributed by atoms with Gasteiger partial charge in [-0.3, -0.25) is 4.79 Å². The van der Waals surface area contributed by atoms with Crippen molar-refractivity contribution in [1.29, 1.82) is 0 Å². The van der Waals surface area contributed by atoms with Crippen LogP contribution in [0.2, 0.25) is 5.02 Å². The predicted molar refractivity (Wildman–Crippen MR) is 85.7 cm³/mol. The fourth-order valence-electron chi connectivity index (χ4n) is 1.98. The van der Waals surface area contributed by atoms with E-state index in [-0.39, 0.29) is 5.91 Å². The predicted octanol–water partition coefficient (Wildman–Crippen LogP) is 3.44. The number of nitrogens with zero attached hydrogens (tertiary/aromatic N) is 2. The Bertz CT molecular complexity index is 630. The maximum absolute atomic E-state index is 12.4. The molecule has 0 atom stereocenters. The second kappa shape index (κ2) is 7.09. The monoisotopic (exact) mass is 303 g/mol. The molecule has 2 rings (SSSR count). The van der Waals surface area contributed by atoms with E-state index in [1.807, 2.05) is 43.3 Å². The Morgan fingerprint density at radius 2 is 2.00 bits per heavy atom. The van der Waals surface area contributed by atoms with Crippen molar-refractivity contribution < 1.29 is 4.79 Å². The molecule has 0 aliphatic heterocycles. The molecule has 0 spiro atoms. The highest BCUT2D eigenvalue weighted by Crippen LogP contribution is 2.17. The van der Waals surface area contributed by atoms with Gasteiger partial charge in [0.15, 0.2) is 0 Å². The van der Waals surface area contributed by atoms with E-state index in [0.717, 1.165) is 12.1 Å². The number of rotatable bonds is 5. The van der Waals surface area contributed by atoms with E-state index in [0.29, 0.717) is 23.1 Å². The second-order valence-electron chi connectivity index (χ2n) is 4.69. The number of anilines is 1. The van der Waals surface area contributed by atoms with Gasteiger partial charge in [-0.2, -0.15) is 0 Å². The Morgan fingerprint density at radius 3 is 2.71 bits per heavy atom. The third kappa shape index (κ3) is 3.95. The van der Waals surface area contributed by atoms with Gasteiger partial charge < -0.3 is 10.2 Å². The highest BCUT2D eigenvalue weighted by Gasteiger charge is 2.14. The maximum Gasteiger partial charge on any atom is 0.272 e. The van der Waals surface area contributed by atoms with Crippen LogP contribution in [-0.2, 0) is 6.54 Å². The molecule has 1 aromatic carbocycles. The summed E-state index contributed by atoms with van der Waals surface area (Å²) in [5.74, 6) is 0.573. The first kappa shape index (κ1) is 15.3. The van der Waals surface area contributed by atoms with Crippen molar-refractivity contribution in [3.05, 3.63) is 58.7 Å². The van der Waals surface area contributed by atoms with Crippen LogP contribution in [0.25, 0.3) is 0 Å². The normalized spacial score (nSPS) is 10.2. The highest BCUT2D eigenvalue weighted by atomic mass is 35.5. The van der Waals surface area contributed by atoms with Gasteiger partial charge in [0, 0.05) is 25.2 Å². The summed E-state index contributed by atoms with van der Waals surface area (Å²) in [5.41, 5.74) is 1.33. The van der Waals surface area contributed by atoms with Gasteiger partial charge in [-0.1, -0.05) is 35.9 Å². The number of pyridine rings is 1. The topological polar surface area (TPSA) is 45.2 Å². The van der Waals surface area contributed by atoms with Crippen molar-refractivity contribution in [3.8, 4) is 0 Å². The molecule has 1 N–H and O–H groups in total. The molecule has 4 nitrogen and oxygen atoms in total. The summed E-state index contributed by atoms with van der Waals surface area (Å²) in [4.78, 5) is 18.3. The molecule has 1 heterocycles. The number of hydrogen-bond acceptors (Lipinski definition) is 3. The van der Waals surface area contributed by atoms with Gasteiger partial charge in [0.25, 0.3) is 5.91 Å². The van der Waals surface area contributed by atoms with Crippen LogP contribution in [0.1, 0.15) is 23.0 Å². The largest absolute Gasteiger partial charge is 0.370 e. The van der Waals surface area contributed by atoms with Crippen LogP contribution in [-0.4, -0.2) is 29.4 Å². The summed E-state index contributed by atoms with van der Waals surface area (Å²) < 4.78 is 0. The molecule has 110 valence electrons. The molecule has 5 heteroatoms. The lowest BCUT2D eigenvalue weighted by Gasteiger charge is -2.18. The van der Waals surface area contributed by atoms with Crippen LogP contribution in [0.4, 0.5) is 5.82 Å². The van der Waals surface area contributed by atoms with E-state index in [4.69, 9.17) is 11.6 Å². The zero-order valence-corrected chi connectivity index (χ0v) is 12.9. The van der Waals surface area contributed by atoms with Gasteiger partial charge in [-0.25, -0.2) is 4.98 Å². The van der Waals surface area contributed by atoms with Crippen LogP contribution >= 0.6 is 11.6 Å². The summed E-state index contributed by atoms with van der Waals surface area (Å²) in [6.45, 7) is 3.20. The average Bonchev–Trinajstić information content (AvgIpc) is 2.49. The van der Waals surface area contributed by atoms with Crippen molar-refractivity contribution in [2.24, 2.45) is 0 Å². The summed E-state index contributed by atoms with van der Waals surface area (Å²) >= 11 is 6.12. The summed E-state index contributed by atoms with van der Waals surface area (Å²) in [6.07, 6.45) is 0. The molecule has 0 radical (unpaired) electrons. The van der Waals surface area contributed by atoms with Crippen molar-refractivity contribution >= 4 is 23.3 Å². The zero-order chi connectivity index (χ0) is 15.2. The van der Waals surface area contributed by atoms with Crippen LogP contribution in [0, 0.1) is 0 Å². The van der Waals surface area contributed by atoms with Crippen molar-refractivity contribution in [2.45, 2.75) is 13.5 Å². The fourth-order valence-corrected chi connectivity index (χ4v) is 2.18. The number of halogens is 1. The minimum Gasteiger partial charge on any atom is -0.370 e. The van der Waals surface area contributed by atoms with E-state index in [2.05, 4.69) is 10.3 Å². The third-order valence-electron chi connectivity index (χ3n) is 3.04. The molecule has 0 aliphatic rings. The molecule has 0 fully saturated rings. The molecule has 0 saturated heterocycles. The number of benzene rings is 1. The number of amides is 1. The average molecular weight is 304 g/mol. The summed E-state index contributed by atoms with van der Waals surface area (Å²) in [6, 6.07) is 12.9. The van der Waals surface area contributed by atoms with E-state index in [9.17, 15) is 4.79 Å². The quantitative estimate of drug-likeness (QED) is 0.920. The van der Waals surface area contributed by atoms with Crippen LogP contribution in [0.5, 0.6) is 0 Å². The molecular weight excluding hydrogens is 286 g/mol. The minimum absolute atomic E-state index is 0.130. The van der Waals surface area contributed by atoms with E-state index in [1.165, 1.54) is 0 Å². The van der Waals surface area contributed by atoms with Gasteiger partial charge in [0.1, 0.15) is 11.5 Å². The molecule has 0 bridgehead atoms. The van der Waals surface area contributed by atoms with Crippen molar-refractivity contribution in [3.63, 3.8) is 0 Å². The lowest BCUT2D eigenvalue weighted by Crippen LogP contribution is -2.27. The van der Waals surface area contributed by atoms with E-state index < -0.39 is 0 Å². The lowest BCUT2D eigenvalue weighted by molar-refractivity contribution is 0.0779. The smallest absolute Gasteiger partial charge is 0.272 e. The number of carbonyl (C=O) groups excluding carboxylic acids is 1. The van der Waals surface area contributed by atoms with Gasteiger partial charge >= 0.3 is 0 Å². The van der Waals surface area contributed by atoms with E-state index in [1.54, 1.807) is 18.0 Å². The molecule has 0 unspecified atom stereocenters. The van der Waals surface area contributed by atoms with Gasteiger partial charge in [0.2, 0.25) is 0 Å². The molecular formula is C16H18ClN3O. The minimum atomic E-state index is -0.130. The summed E-state index contributed by atoms with van der Waals surface area (Å²) in [7, 11) is 1.74. The number of carbonyl (C=O) groups is 1. The van der Waals surface area contributed by atoms with Gasteiger partial charge in [0.05, 0.1) is 0 Å². The van der Waals surface area contributed by atoms with E-state index >= 15 is 0 Å². The number of nitrogens with one attached hydrogen (secondary N) is 1. The molecule has 1 amide bonds. The lowest BCUT2D eigenvalue weighted by atomic mass is 10.2. The van der Waals surface area contributed by atoms with Crippen molar-refractivity contribution in [2.75, 3.05) is 18.9 Å². The second-order valence-corrected chi connectivity index (χ2v) is 5.10. The third-order valence-corrected chi connectivity index (χ3v) is 3.41. The first-order valence-electron chi connectivity index (χ1n) is 6.81.